The third kappa shape index (κ3) is 8.85. The molecule has 1 amide bonds. The van der Waals surface area contributed by atoms with Gasteiger partial charge in [0.25, 0.3) is 0 Å². The lowest BCUT2D eigenvalue weighted by atomic mass is 9.75. The highest BCUT2D eigenvalue weighted by atomic mass is 32.2. The summed E-state index contributed by atoms with van der Waals surface area (Å²) in [5.41, 5.74) is 0.779. The van der Waals surface area contributed by atoms with E-state index >= 15 is 0 Å². The average Bonchev–Trinajstić information content (AvgIpc) is 2.96. The summed E-state index contributed by atoms with van der Waals surface area (Å²) in [6.45, 7) is 0. The van der Waals surface area contributed by atoms with Crippen LogP contribution in [0.5, 0.6) is 0 Å². The van der Waals surface area contributed by atoms with Crippen molar-refractivity contribution in [3.8, 4) is 0 Å². The summed E-state index contributed by atoms with van der Waals surface area (Å²) in [4.78, 5) is 25.5. The van der Waals surface area contributed by atoms with Crippen LogP contribution in [-0.2, 0) is 35.9 Å². The topological polar surface area (TPSA) is 167 Å². The van der Waals surface area contributed by atoms with Crippen molar-refractivity contribution in [3.05, 3.63) is 78.4 Å². The van der Waals surface area contributed by atoms with Crippen LogP contribution < -0.4 is 10.0 Å². The second-order valence-corrected chi connectivity index (χ2v) is 15.1. The quantitative estimate of drug-likeness (QED) is 0.224. The Bertz CT molecular complexity index is 1640. The van der Waals surface area contributed by atoms with Crippen LogP contribution in [0.2, 0.25) is 0 Å². The molecule has 3 aromatic carbocycles. The number of benzene rings is 3. The summed E-state index contributed by atoms with van der Waals surface area (Å²) in [7, 11) is -8.20. The molecule has 0 heterocycles. The Hall–Kier alpha value is -3.32. The van der Waals surface area contributed by atoms with Crippen molar-refractivity contribution >= 4 is 42.5 Å². The van der Waals surface area contributed by atoms with Crippen molar-refractivity contribution in [1.82, 2.24) is 10.0 Å². The van der Waals surface area contributed by atoms with Gasteiger partial charge in [-0.3, -0.25) is 9.59 Å². The molecule has 43 heavy (non-hydrogen) atoms. The molecule has 1 fully saturated rings. The van der Waals surface area contributed by atoms with Crippen LogP contribution in [0.3, 0.4) is 0 Å². The second kappa shape index (κ2) is 14.0. The highest BCUT2D eigenvalue weighted by Crippen LogP contribution is 2.34. The minimum Gasteiger partial charge on any atom is -0.481 e. The highest BCUT2D eigenvalue weighted by Gasteiger charge is 2.36. The number of hydrogen-bond acceptors (Lipinski definition) is 7. The van der Waals surface area contributed by atoms with Gasteiger partial charge < -0.3 is 15.5 Å². The summed E-state index contributed by atoms with van der Waals surface area (Å²) < 4.78 is 53.9. The number of aliphatic hydroxyl groups is 1. The molecule has 10 nitrogen and oxygen atoms in total. The first kappa shape index (κ1) is 32.6. The van der Waals surface area contributed by atoms with Crippen molar-refractivity contribution in [2.24, 2.45) is 11.8 Å². The van der Waals surface area contributed by atoms with E-state index in [0.717, 1.165) is 24.7 Å². The van der Waals surface area contributed by atoms with Crippen molar-refractivity contribution in [2.45, 2.75) is 61.6 Å². The van der Waals surface area contributed by atoms with E-state index in [0.29, 0.717) is 23.6 Å². The summed E-state index contributed by atoms with van der Waals surface area (Å²) in [5.74, 6) is -3.59. The number of nitrogens with one attached hydrogen (secondary N) is 2. The summed E-state index contributed by atoms with van der Waals surface area (Å²) >= 11 is 0. The first-order chi connectivity index (χ1) is 20.3. The molecule has 1 aliphatic rings. The lowest BCUT2D eigenvalue weighted by Crippen LogP contribution is -2.55. The Morgan fingerprint density at radius 3 is 2.26 bits per heavy atom. The normalized spacial score (nSPS) is 19.8. The Kier molecular flexibility index (Phi) is 10.6. The number of sulfone groups is 1. The number of sulfonamides is 1. The van der Waals surface area contributed by atoms with E-state index in [1.165, 1.54) is 6.07 Å². The van der Waals surface area contributed by atoms with Crippen LogP contribution in [-0.4, -0.2) is 69.1 Å². The van der Waals surface area contributed by atoms with E-state index in [-0.39, 0.29) is 23.7 Å². The number of fused-ring (bicyclic) bond motifs is 1. The van der Waals surface area contributed by atoms with E-state index in [1.54, 1.807) is 48.5 Å². The third-order valence-corrected chi connectivity index (χ3v) is 10.5. The summed E-state index contributed by atoms with van der Waals surface area (Å²) in [6.07, 6.45) is 2.72. The number of hydrogen-bond donors (Lipinski definition) is 4. The minimum atomic E-state index is -4.17. The number of rotatable bonds is 13. The van der Waals surface area contributed by atoms with Gasteiger partial charge >= 0.3 is 5.97 Å². The van der Waals surface area contributed by atoms with Gasteiger partial charge in [0.1, 0.15) is 6.04 Å². The van der Waals surface area contributed by atoms with Gasteiger partial charge in [0.15, 0.2) is 9.84 Å². The van der Waals surface area contributed by atoms with Crippen LogP contribution in [0.15, 0.2) is 77.7 Å². The zero-order valence-corrected chi connectivity index (χ0v) is 25.6. The van der Waals surface area contributed by atoms with Crippen LogP contribution >= 0.6 is 0 Å². The van der Waals surface area contributed by atoms with Gasteiger partial charge in [0.05, 0.1) is 35.0 Å². The number of carboxylic acid groups (broad SMARTS) is 1. The number of carbonyl (C=O) groups excluding carboxylic acids is 1. The largest absolute Gasteiger partial charge is 0.481 e. The number of carbonyl (C=O) groups is 2. The molecule has 0 spiro atoms. The van der Waals surface area contributed by atoms with Crippen molar-refractivity contribution < 1.29 is 36.6 Å². The molecule has 0 aromatic heterocycles. The zero-order valence-electron chi connectivity index (χ0n) is 23.9. The fourth-order valence-electron chi connectivity index (χ4n) is 5.92. The lowest BCUT2D eigenvalue weighted by molar-refractivity contribution is -0.145. The van der Waals surface area contributed by atoms with Gasteiger partial charge in [0, 0.05) is 5.39 Å². The molecule has 5 atom stereocenters. The third-order valence-electron chi connectivity index (χ3n) is 8.00. The molecular formula is C31H38N2O8S2. The summed E-state index contributed by atoms with van der Waals surface area (Å²) in [5, 5.41) is 24.9. The number of amides is 1. The van der Waals surface area contributed by atoms with E-state index in [2.05, 4.69) is 10.0 Å². The zero-order chi connectivity index (χ0) is 31.2. The first-order valence-electron chi connectivity index (χ1n) is 14.3. The van der Waals surface area contributed by atoms with Gasteiger partial charge in [-0.1, -0.05) is 79.6 Å². The molecule has 0 saturated heterocycles. The lowest BCUT2D eigenvalue weighted by Gasteiger charge is -2.33. The average molecular weight is 631 g/mol. The molecular weight excluding hydrogens is 592 g/mol. The van der Waals surface area contributed by atoms with E-state index in [1.807, 2.05) is 18.2 Å². The van der Waals surface area contributed by atoms with E-state index < -0.39 is 61.6 Å². The van der Waals surface area contributed by atoms with Crippen molar-refractivity contribution in [3.63, 3.8) is 0 Å². The molecule has 12 heteroatoms. The summed E-state index contributed by atoms with van der Waals surface area (Å²) in [6, 6.07) is 18.0. The standard InChI is InChI=1S/C31H38N2O8S2/c1-42(38,39)33-27(20-43(40,41)29-17-9-14-22-12-5-7-15-24(22)29)30(35)32-26(18-21-10-3-2-4-11-21)28(34)19-23-13-6-8-16-25(23)31(36)37/h2-5,7,9-12,14-15,17,23,25-28,33-34H,6,8,13,16,18-20H2,1H3,(H,32,35)(H,36,37). The maximum Gasteiger partial charge on any atom is 0.306 e. The fourth-order valence-corrected chi connectivity index (χ4v) is 8.39. The minimum absolute atomic E-state index is 0.0309. The highest BCUT2D eigenvalue weighted by molar-refractivity contribution is 7.92. The molecule has 3 aromatic rings. The molecule has 0 radical (unpaired) electrons. The van der Waals surface area contributed by atoms with Gasteiger partial charge in [-0.15, -0.1) is 0 Å². The number of carboxylic acids is 1. The number of aliphatic hydroxyl groups excluding tert-OH is 1. The number of aliphatic carboxylic acids is 1. The van der Waals surface area contributed by atoms with Gasteiger partial charge in [-0.25, -0.2) is 21.6 Å². The van der Waals surface area contributed by atoms with Crippen LogP contribution in [0.4, 0.5) is 0 Å². The molecule has 0 aliphatic heterocycles. The molecule has 1 aliphatic carbocycles. The Balaban J connectivity index is 1.61. The van der Waals surface area contributed by atoms with Crippen LogP contribution in [0.1, 0.15) is 37.7 Å². The second-order valence-electron chi connectivity index (χ2n) is 11.3. The van der Waals surface area contributed by atoms with Crippen molar-refractivity contribution in [2.75, 3.05) is 12.0 Å². The smallest absolute Gasteiger partial charge is 0.306 e. The predicted molar refractivity (Wildman–Crippen MR) is 164 cm³/mol. The van der Waals surface area contributed by atoms with Crippen LogP contribution in [0.25, 0.3) is 10.8 Å². The SMILES string of the molecule is CS(=O)(=O)NC(CS(=O)(=O)c1cccc2ccccc12)C(=O)NC(Cc1ccccc1)C(O)CC1CCCCC1C(=O)O. The maximum absolute atomic E-state index is 13.7. The molecule has 1 saturated carbocycles. The molecule has 0 bridgehead atoms. The molecule has 4 rings (SSSR count). The maximum atomic E-state index is 13.7. The molecule has 232 valence electrons. The van der Waals surface area contributed by atoms with E-state index in [4.69, 9.17) is 0 Å². The Labute approximate surface area is 252 Å². The van der Waals surface area contributed by atoms with Gasteiger partial charge in [-0.2, -0.15) is 0 Å². The predicted octanol–water partition coefficient (Wildman–Crippen LogP) is 2.90. The first-order valence-corrected chi connectivity index (χ1v) is 17.8. The molecule has 4 N–H and O–H groups in total. The van der Waals surface area contributed by atoms with Crippen molar-refractivity contribution in [1.29, 1.82) is 0 Å². The fraction of sp³-hybridized carbons (Fsp3) is 0.419. The van der Waals surface area contributed by atoms with E-state index in [9.17, 15) is 36.6 Å². The van der Waals surface area contributed by atoms with Gasteiger partial charge in [-0.05, 0) is 48.6 Å². The Morgan fingerprint density at radius 1 is 0.907 bits per heavy atom. The van der Waals surface area contributed by atoms with Gasteiger partial charge in [0.2, 0.25) is 15.9 Å². The van der Waals surface area contributed by atoms with Crippen LogP contribution in [0, 0.1) is 11.8 Å². The monoisotopic (exact) mass is 630 g/mol. The molecule has 5 unspecified atom stereocenters. The Morgan fingerprint density at radius 2 is 1.56 bits per heavy atom.